The van der Waals surface area contributed by atoms with Gasteiger partial charge in [-0.2, -0.15) is 0 Å². The number of aliphatic hydroxyl groups is 1. The van der Waals surface area contributed by atoms with E-state index in [4.69, 9.17) is 23.4 Å². The van der Waals surface area contributed by atoms with Gasteiger partial charge in [0, 0.05) is 35.8 Å². The van der Waals surface area contributed by atoms with Gasteiger partial charge in [-0.05, 0) is 70.5 Å². The monoisotopic (exact) mass is 621 g/mol. The third kappa shape index (κ3) is 6.14. The number of methoxy groups -OCH3 is 1. The van der Waals surface area contributed by atoms with Crippen LogP contribution in [0.3, 0.4) is 0 Å². The van der Waals surface area contributed by atoms with E-state index in [1.807, 2.05) is 6.92 Å². The molecule has 13 nitrogen and oxygen atoms in total. The Morgan fingerprint density at radius 3 is 2.58 bits per heavy atom. The maximum Gasteiger partial charge on any atom is 0.364 e. The minimum Gasteiger partial charge on any atom is -0.505 e. The fourth-order valence-corrected chi connectivity index (χ4v) is 5.35. The number of nitrogens with one attached hydrogen (secondary N) is 2. The van der Waals surface area contributed by atoms with Gasteiger partial charge in [0.25, 0.3) is 5.91 Å². The summed E-state index contributed by atoms with van der Waals surface area (Å²) in [7, 11) is 1.42. The Bertz CT molecular complexity index is 1810. The predicted octanol–water partition coefficient (Wildman–Crippen LogP) is 3.77. The lowest BCUT2D eigenvalue weighted by atomic mass is 9.89. The number of pyridine rings is 1. The van der Waals surface area contributed by atoms with E-state index in [0.717, 1.165) is 5.69 Å². The van der Waals surface area contributed by atoms with Gasteiger partial charge in [0.05, 0.1) is 11.0 Å². The number of rotatable bonds is 8. The molecule has 4 atom stereocenters. The molecule has 0 aliphatic carbocycles. The highest BCUT2D eigenvalue weighted by molar-refractivity contribution is 6.06. The molecule has 1 saturated heterocycles. The van der Waals surface area contributed by atoms with Crippen LogP contribution in [0.1, 0.15) is 58.6 Å². The molecule has 4 heterocycles. The van der Waals surface area contributed by atoms with E-state index < -0.39 is 59.1 Å². The third-order valence-corrected chi connectivity index (χ3v) is 7.74. The molecule has 3 aromatic heterocycles. The van der Waals surface area contributed by atoms with E-state index >= 15 is 0 Å². The summed E-state index contributed by atoms with van der Waals surface area (Å²) in [6, 6.07) is 9.31. The number of esters is 1. The van der Waals surface area contributed by atoms with Crippen LogP contribution in [0, 0.1) is 13.8 Å². The molecule has 0 radical (unpaired) electrons. The number of carbonyl (C=O) groups excluding carboxylic acids is 2. The number of aromatic nitrogens is 2. The van der Waals surface area contributed by atoms with Crippen molar-refractivity contribution in [3.63, 3.8) is 0 Å². The number of H-pyrrole nitrogens is 1. The Morgan fingerprint density at radius 1 is 1.16 bits per heavy atom. The summed E-state index contributed by atoms with van der Waals surface area (Å²) in [4.78, 5) is 45.7. The van der Waals surface area contributed by atoms with Crippen molar-refractivity contribution in [2.75, 3.05) is 12.4 Å². The quantitative estimate of drug-likeness (QED) is 0.166. The molecule has 4 N–H and O–H groups in total. The first-order valence-electron chi connectivity index (χ1n) is 14.3. The molecule has 4 aromatic rings. The molecule has 1 aliphatic heterocycles. The molecule has 5 rings (SSSR count). The summed E-state index contributed by atoms with van der Waals surface area (Å²) in [6.07, 6.45) is -2.76. The summed E-state index contributed by atoms with van der Waals surface area (Å²) in [5.41, 5.74) is -0.266. The maximum atomic E-state index is 12.9. The van der Waals surface area contributed by atoms with E-state index in [1.165, 1.54) is 31.5 Å². The zero-order valence-electron chi connectivity index (χ0n) is 25.7. The minimum atomic E-state index is -1.49. The number of hydrogen-bond donors (Lipinski definition) is 4. The number of aromatic amines is 1. The fraction of sp³-hybridized carbons (Fsp3) is 0.375. The number of carbonyl (C=O) groups is 2. The standard InChI is InChI=1S/C32H35N3O10/c1-7-18-14-17(12-13-33-18)28(38)35-22-23(36)19-9-11-21(16(3)25(19)43-30(22)40)42-31-24(37)26(27(41-6)32(4,5)45-31)44-29(39)20-10-8-15(2)34-20/h8-14,24,26-27,31,34,36-37H,7H2,1-6H3,(H,35,38)/t24-,26+,27-,31-/m1/s1. The van der Waals surface area contributed by atoms with Crippen molar-refractivity contribution < 1.29 is 43.2 Å². The number of anilines is 1. The van der Waals surface area contributed by atoms with Gasteiger partial charge in [0.2, 0.25) is 6.29 Å². The van der Waals surface area contributed by atoms with Crippen LogP contribution in [-0.2, 0) is 20.6 Å². The SMILES string of the molecule is CCc1cc(C(=O)Nc2c(O)c3ccc(O[C@@H]4OC(C)(C)[C@H](OC)[C@@H](OC(=O)c5ccc(C)[nH]5)[C@H]4O)c(C)c3oc2=O)ccn1. The van der Waals surface area contributed by atoms with Gasteiger partial charge in [0.15, 0.2) is 23.6 Å². The van der Waals surface area contributed by atoms with Crippen LogP contribution in [-0.4, -0.2) is 69.4 Å². The molecule has 1 fully saturated rings. The number of aromatic hydroxyl groups is 1. The number of fused-ring (bicyclic) bond motifs is 1. The Morgan fingerprint density at radius 2 is 1.91 bits per heavy atom. The number of nitrogens with zero attached hydrogens (tertiary/aromatic N) is 1. The van der Waals surface area contributed by atoms with Crippen molar-refractivity contribution in [1.29, 1.82) is 0 Å². The lowest BCUT2D eigenvalue weighted by Gasteiger charge is -2.47. The van der Waals surface area contributed by atoms with Gasteiger partial charge < -0.3 is 43.9 Å². The van der Waals surface area contributed by atoms with Crippen LogP contribution >= 0.6 is 0 Å². The third-order valence-electron chi connectivity index (χ3n) is 7.74. The average Bonchev–Trinajstić information content (AvgIpc) is 3.45. The van der Waals surface area contributed by atoms with Crippen LogP contribution in [0.2, 0.25) is 0 Å². The van der Waals surface area contributed by atoms with E-state index in [9.17, 15) is 24.6 Å². The molecular formula is C32H35N3O10. The van der Waals surface area contributed by atoms with E-state index in [1.54, 1.807) is 45.9 Å². The number of aliphatic hydroxyl groups excluding tert-OH is 1. The first-order valence-corrected chi connectivity index (χ1v) is 14.3. The molecule has 1 aliphatic rings. The van der Waals surface area contributed by atoms with Crippen molar-refractivity contribution in [3.8, 4) is 11.5 Å². The number of aryl methyl sites for hydroxylation is 3. The molecule has 0 spiro atoms. The zero-order chi connectivity index (χ0) is 32.6. The van der Waals surface area contributed by atoms with Gasteiger partial charge in [0.1, 0.15) is 23.1 Å². The van der Waals surface area contributed by atoms with Crippen molar-refractivity contribution >= 4 is 28.5 Å². The fourth-order valence-electron chi connectivity index (χ4n) is 5.35. The molecular weight excluding hydrogens is 586 g/mol. The second kappa shape index (κ2) is 12.3. The van der Waals surface area contributed by atoms with Crippen LogP contribution in [0.5, 0.6) is 11.5 Å². The van der Waals surface area contributed by atoms with Gasteiger partial charge in [-0.15, -0.1) is 0 Å². The van der Waals surface area contributed by atoms with Crippen LogP contribution in [0.15, 0.2) is 51.8 Å². The smallest absolute Gasteiger partial charge is 0.364 e. The molecule has 13 heteroatoms. The Kier molecular flexibility index (Phi) is 8.70. The lowest BCUT2D eigenvalue weighted by Crippen LogP contribution is -2.65. The number of benzene rings is 1. The van der Waals surface area contributed by atoms with Crippen LogP contribution < -0.4 is 15.7 Å². The maximum absolute atomic E-state index is 12.9. The Hall–Kier alpha value is -4.72. The highest BCUT2D eigenvalue weighted by atomic mass is 16.7. The van der Waals surface area contributed by atoms with Crippen molar-refractivity contribution in [1.82, 2.24) is 9.97 Å². The molecule has 238 valence electrons. The van der Waals surface area contributed by atoms with Crippen LogP contribution in [0.4, 0.5) is 5.69 Å². The minimum absolute atomic E-state index is 0.00500. The lowest BCUT2D eigenvalue weighted by molar-refractivity contribution is -0.305. The van der Waals surface area contributed by atoms with E-state index in [2.05, 4.69) is 15.3 Å². The predicted molar refractivity (Wildman–Crippen MR) is 162 cm³/mol. The molecule has 0 bridgehead atoms. The molecule has 0 saturated carbocycles. The summed E-state index contributed by atoms with van der Waals surface area (Å²) in [5, 5.41) is 24.8. The van der Waals surface area contributed by atoms with Gasteiger partial charge in [-0.1, -0.05) is 6.92 Å². The number of hydrogen-bond acceptors (Lipinski definition) is 11. The zero-order valence-corrected chi connectivity index (χ0v) is 25.7. The number of ether oxygens (including phenoxy) is 4. The summed E-state index contributed by atoms with van der Waals surface area (Å²) in [6.45, 7) is 8.69. The van der Waals surface area contributed by atoms with Gasteiger partial charge >= 0.3 is 11.6 Å². The summed E-state index contributed by atoms with van der Waals surface area (Å²) >= 11 is 0. The average molecular weight is 622 g/mol. The largest absolute Gasteiger partial charge is 0.505 e. The molecule has 1 aromatic carbocycles. The molecule has 1 amide bonds. The second-order valence-electron chi connectivity index (χ2n) is 11.3. The second-order valence-corrected chi connectivity index (χ2v) is 11.3. The van der Waals surface area contributed by atoms with Crippen molar-refractivity contribution in [2.24, 2.45) is 0 Å². The highest BCUT2D eigenvalue weighted by Crippen LogP contribution is 2.38. The topological polar surface area (TPSA) is 182 Å². The van der Waals surface area contributed by atoms with Crippen LogP contribution in [0.25, 0.3) is 11.0 Å². The summed E-state index contributed by atoms with van der Waals surface area (Å²) < 4.78 is 28.9. The molecule has 0 unspecified atom stereocenters. The number of amides is 1. The van der Waals surface area contributed by atoms with Gasteiger partial charge in [-0.25, -0.2) is 9.59 Å². The first-order chi connectivity index (χ1) is 21.3. The van der Waals surface area contributed by atoms with Gasteiger partial charge in [-0.3, -0.25) is 9.78 Å². The highest BCUT2D eigenvalue weighted by Gasteiger charge is 2.53. The van der Waals surface area contributed by atoms with Crippen molar-refractivity contribution in [2.45, 2.75) is 71.2 Å². The van der Waals surface area contributed by atoms with E-state index in [0.29, 0.717) is 17.7 Å². The summed E-state index contributed by atoms with van der Waals surface area (Å²) in [5.74, 6) is -1.64. The van der Waals surface area contributed by atoms with E-state index in [-0.39, 0.29) is 28.0 Å². The Balaban J connectivity index is 1.42. The molecule has 45 heavy (non-hydrogen) atoms. The first kappa shape index (κ1) is 31.7. The van der Waals surface area contributed by atoms with Crippen molar-refractivity contribution in [3.05, 3.63) is 81.2 Å². The Labute approximate surface area is 258 Å². The normalized spacial score (nSPS) is 21.0.